The molecule has 0 spiro atoms. The summed E-state index contributed by atoms with van der Waals surface area (Å²) in [4.78, 5) is 19.1. The fourth-order valence-corrected chi connectivity index (χ4v) is 2.38. The normalized spacial score (nSPS) is 17.1. The van der Waals surface area contributed by atoms with Crippen molar-refractivity contribution in [3.05, 3.63) is 48.0 Å². The zero-order chi connectivity index (χ0) is 13.8. The van der Waals surface area contributed by atoms with E-state index in [-0.39, 0.29) is 11.8 Å². The second kappa shape index (κ2) is 5.77. The number of hydrogen-bond donors (Lipinski definition) is 2. The molecule has 0 fully saturated rings. The molecule has 2 aromatic rings. The molecule has 0 aliphatic carbocycles. The fourth-order valence-electron chi connectivity index (χ4n) is 2.38. The number of nitrogens with one attached hydrogen (secondary N) is 2. The molecule has 1 atom stereocenters. The van der Waals surface area contributed by atoms with Crippen LogP contribution in [0.3, 0.4) is 0 Å². The van der Waals surface area contributed by atoms with E-state index in [0.717, 1.165) is 29.8 Å². The van der Waals surface area contributed by atoms with E-state index >= 15 is 0 Å². The van der Waals surface area contributed by atoms with Crippen molar-refractivity contribution in [3.63, 3.8) is 0 Å². The highest BCUT2D eigenvalue weighted by molar-refractivity contribution is 5.79. The van der Waals surface area contributed by atoms with E-state index in [4.69, 9.17) is 4.74 Å². The van der Waals surface area contributed by atoms with Crippen molar-refractivity contribution < 1.29 is 9.53 Å². The molecule has 1 aromatic carbocycles. The maximum absolute atomic E-state index is 12.1. The van der Waals surface area contributed by atoms with Crippen molar-refractivity contribution in [2.75, 3.05) is 13.2 Å². The van der Waals surface area contributed by atoms with Crippen LogP contribution in [0.15, 0.2) is 36.8 Å². The van der Waals surface area contributed by atoms with E-state index in [1.54, 1.807) is 12.5 Å². The predicted molar refractivity (Wildman–Crippen MR) is 74.4 cm³/mol. The van der Waals surface area contributed by atoms with Gasteiger partial charge >= 0.3 is 0 Å². The molecule has 1 amide bonds. The molecule has 5 heteroatoms. The summed E-state index contributed by atoms with van der Waals surface area (Å²) in [5.41, 5.74) is 2.13. The van der Waals surface area contributed by atoms with Gasteiger partial charge in [-0.2, -0.15) is 0 Å². The second-order valence-electron chi connectivity index (χ2n) is 4.94. The van der Waals surface area contributed by atoms with E-state index in [9.17, 15) is 4.79 Å². The predicted octanol–water partition coefficient (Wildman–Crippen LogP) is 1.32. The summed E-state index contributed by atoms with van der Waals surface area (Å²) < 4.78 is 5.63. The highest BCUT2D eigenvalue weighted by atomic mass is 16.5. The van der Waals surface area contributed by atoms with Crippen molar-refractivity contribution in [3.8, 4) is 5.75 Å². The van der Waals surface area contributed by atoms with Gasteiger partial charge in [-0.1, -0.05) is 18.2 Å². The molecule has 0 saturated heterocycles. The van der Waals surface area contributed by atoms with Crippen LogP contribution >= 0.6 is 0 Å². The molecular weight excluding hydrogens is 254 g/mol. The lowest BCUT2D eigenvalue weighted by Gasteiger charge is -2.24. The standard InChI is InChI=1S/C15H17N3O2/c19-15(17-6-5-13-8-16-10-18-13)12-7-11-3-1-2-4-14(11)20-9-12/h1-4,8,10,12H,5-7,9H2,(H,16,18)(H,17,19)/t12-/m1/s1. The van der Waals surface area contributed by atoms with Gasteiger partial charge in [-0.05, 0) is 18.1 Å². The lowest BCUT2D eigenvalue weighted by molar-refractivity contribution is -0.126. The summed E-state index contributed by atoms with van der Waals surface area (Å²) in [6, 6.07) is 7.88. The number of benzene rings is 1. The van der Waals surface area contributed by atoms with Gasteiger partial charge in [0.2, 0.25) is 5.91 Å². The number of para-hydroxylation sites is 1. The van der Waals surface area contributed by atoms with Crippen LogP contribution in [0, 0.1) is 5.92 Å². The Kier molecular flexibility index (Phi) is 3.67. The van der Waals surface area contributed by atoms with Gasteiger partial charge in [0, 0.05) is 24.9 Å². The number of hydrogen-bond acceptors (Lipinski definition) is 3. The van der Waals surface area contributed by atoms with Crippen LogP contribution in [-0.4, -0.2) is 29.0 Å². The first-order valence-electron chi connectivity index (χ1n) is 6.78. The molecule has 20 heavy (non-hydrogen) atoms. The first-order valence-corrected chi connectivity index (χ1v) is 6.78. The average Bonchev–Trinajstić information content (AvgIpc) is 3.00. The smallest absolute Gasteiger partial charge is 0.226 e. The molecule has 0 bridgehead atoms. The molecule has 2 heterocycles. The van der Waals surface area contributed by atoms with Crippen LogP contribution in [0.25, 0.3) is 0 Å². The molecule has 104 valence electrons. The molecular formula is C15H17N3O2. The van der Waals surface area contributed by atoms with Gasteiger partial charge in [0.15, 0.2) is 0 Å². The number of carbonyl (C=O) groups excluding carboxylic acids is 1. The van der Waals surface area contributed by atoms with Crippen LogP contribution in [0.2, 0.25) is 0 Å². The van der Waals surface area contributed by atoms with Gasteiger partial charge in [0.05, 0.1) is 12.2 Å². The molecule has 1 aliphatic heterocycles. The largest absolute Gasteiger partial charge is 0.492 e. The Morgan fingerprint density at radius 2 is 2.35 bits per heavy atom. The molecule has 5 nitrogen and oxygen atoms in total. The van der Waals surface area contributed by atoms with Gasteiger partial charge in [-0.25, -0.2) is 4.98 Å². The lowest BCUT2D eigenvalue weighted by atomic mass is 9.96. The summed E-state index contributed by atoms with van der Waals surface area (Å²) in [6.45, 7) is 1.06. The van der Waals surface area contributed by atoms with E-state index in [0.29, 0.717) is 13.2 Å². The number of rotatable bonds is 4. The number of fused-ring (bicyclic) bond motifs is 1. The minimum atomic E-state index is -0.105. The molecule has 1 aliphatic rings. The van der Waals surface area contributed by atoms with Crippen LogP contribution < -0.4 is 10.1 Å². The third-order valence-electron chi connectivity index (χ3n) is 3.50. The number of H-pyrrole nitrogens is 1. The Hall–Kier alpha value is -2.30. The Labute approximate surface area is 117 Å². The molecule has 0 saturated carbocycles. The maximum Gasteiger partial charge on any atom is 0.226 e. The first kappa shape index (κ1) is 12.7. The topological polar surface area (TPSA) is 67.0 Å². The fraction of sp³-hybridized carbons (Fsp3) is 0.333. The van der Waals surface area contributed by atoms with Crippen molar-refractivity contribution in [1.29, 1.82) is 0 Å². The van der Waals surface area contributed by atoms with E-state index in [2.05, 4.69) is 15.3 Å². The zero-order valence-electron chi connectivity index (χ0n) is 11.1. The molecule has 2 N–H and O–H groups in total. The third kappa shape index (κ3) is 2.82. The van der Waals surface area contributed by atoms with Gasteiger partial charge in [-0.3, -0.25) is 4.79 Å². The van der Waals surface area contributed by atoms with Gasteiger partial charge < -0.3 is 15.0 Å². The molecule has 3 rings (SSSR count). The van der Waals surface area contributed by atoms with Crippen molar-refractivity contribution in [1.82, 2.24) is 15.3 Å². The Morgan fingerprint density at radius 1 is 1.45 bits per heavy atom. The number of imidazole rings is 1. The van der Waals surface area contributed by atoms with Crippen molar-refractivity contribution >= 4 is 5.91 Å². The molecule has 0 radical (unpaired) electrons. The maximum atomic E-state index is 12.1. The highest BCUT2D eigenvalue weighted by Gasteiger charge is 2.25. The van der Waals surface area contributed by atoms with Crippen LogP contribution in [0.4, 0.5) is 0 Å². The molecule has 1 aromatic heterocycles. The Bertz CT molecular complexity index is 581. The molecule has 0 unspecified atom stereocenters. The summed E-state index contributed by atoms with van der Waals surface area (Å²) in [7, 11) is 0. The first-order chi connectivity index (χ1) is 9.83. The SMILES string of the molecule is O=C(NCCc1cnc[nH]1)[C@H]1COc2ccccc2C1. The lowest BCUT2D eigenvalue weighted by Crippen LogP contribution is -2.38. The minimum Gasteiger partial charge on any atom is -0.492 e. The second-order valence-corrected chi connectivity index (χ2v) is 4.94. The van der Waals surface area contributed by atoms with E-state index < -0.39 is 0 Å². The number of carbonyl (C=O) groups is 1. The average molecular weight is 271 g/mol. The number of ether oxygens (including phenoxy) is 1. The summed E-state index contributed by atoms with van der Waals surface area (Å²) in [6.07, 6.45) is 4.91. The highest BCUT2D eigenvalue weighted by Crippen LogP contribution is 2.26. The minimum absolute atomic E-state index is 0.0546. The zero-order valence-corrected chi connectivity index (χ0v) is 11.1. The number of aromatic nitrogens is 2. The van der Waals surface area contributed by atoms with Crippen LogP contribution in [-0.2, 0) is 17.6 Å². The van der Waals surface area contributed by atoms with Crippen LogP contribution in [0.5, 0.6) is 5.75 Å². The number of amides is 1. The monoisotopic (exact) mass is 271 g/mol. The van der Waals surface area contributed by atoms with Gasteiger partial charge in [-0.15, -0.1) is 0 Å². The van der Waals surface area contributed by atoms with Crippen molar-refractivity contribution in [2.24, 2.45) is 5.92 Å². The van der Waals surface area contributed by atoms with Crippen LogP contribution in [0.1, 0.15) is 11.3 Å². The quantitative estimate of drug-likeness (QED) is 0.881. The van der Waals surface area contributed by atoms with Gasteiger partial charge in [0.1, 0.15) is 12.4 Å². The Morgan fingerprint density at radius 3 is 3.20 bits per heavy atom. The third-order valence-corrected chi connectivity index (χ3v) is 3.50. The van der Waals surface area contributed by atoms with Gasteiger partial charge in [0.25, 0.3) is 0 Å². The van der Waals surface area contributed by atoms with Crippen molar-refractivity contribution in [2.45, 2.75) is 12.8 Å². The van der Waals surface area contributed by atoms with E-state index in [1.165, 1.54) is 0 Å². The number of nitrogens with zero attached hydrogens (tertiary/aromatic N) is 1. The summed E-state index contributed by atoms with van der Waals surface area (Å²) >= 11 is 0. The summed E-state index contributed by atoms with van der Waals surface area (Å²) in [5, 5.41) is 2.95. The summed E-state index contributed by atoms with van der Waals surface area (Å²) in [5.74, 6) is 0.847. The number of aromatic amines is 1. The Balaban J connectivity index is 1.51. The van der Waals surface area contributed by atoms with E-state index in [1.807, 2.05) is 24.3 Å².